The molecule has 0 bridgehead atoms. The highest BCUT2D eigenvalue weighted by molar-refractivity contribution is 7.99. The molecule has 1 atom stereocenters. The number of esters is 1. The number of carbonyl (C=O) groups excluding carboxylic acids is 1. The first-order chi connectivity index (χ1) is 15.5. The van der Waals surface area contributed by atoms with Crippen molar-refractivity contribution in [2.75, 3.05) is 12.4 Å². The predicted molar refractivity (Wildman–Crippen MR) is 129 cm³/mol. The highest BCUT2D eigenvalue weighted by Gasteiger charge is 2.10. The summed E-state index contributed by atoms with van der Waals surface area (Å²) in [7, 11) is 0. The summed E-state index contributed by atoms with van der Waals surface area (Å²) in [6.07, 6.45) is 7.04. The average molecular weight is 474 g/mol. The number of hydrogen-bond donors (Lipinski definition) is 0. The lowest BCUT2D eigenvalue weighted by molar-refractivity contribution is -0.144. The van der Waals surface area contributed by atoms with Gasteiger partial charge in [-0.2, -0.15) is 5.10 Å². The fourth-order valence-electron chi connectivity index (χ4n) is 3.26. The van der Waals surface area contributed by atoms with E-state index in [1.165, 1.54) is 4.68 Å². The number of halogens is 1. The van der Waals surface area contributed by atoms with Gasteiger partial charge in [0.25, 0.3) is 5.56 Å². The Balaban J connectivity index is 1.56. The standard InChI is InChI=1S/C24H28ClN3O3S/c1-3-4-6-17(2)16-31-22(29)10-12-32-20-8-9-21-19(13-20)14-27-28(24(21)30)15-18-7-5-11-26-23(18)25/h5,7-9,11,13-14,17H,3-4,6,10,12,15-16H2,1-2H3. The lowest BCUT2D eigenvalue weighted by atomic mass is 10.1. The Kier molecular flexibility index (Phi) is 9.11. The molecule has 3 aromatic rings. The number of pyridine rings is 1. The lowest BCUT2D eigenvalue weighted by Gasteiger charge is -2.11. The minimum atomic E-state index is -0.181. The van der Waals surface area contributed by atoms with Gasteiger partial charge in [0.1, 0.15) is 5.15 Å². The molecule has 1 aromatic carbocycles. The predicted octanol–water partition coefficient (Wildman–Crippen LogP) is 5.34. The number of carbonyl (C=O) groups is 1. The number of aromatic nitrogens is 3. The molecule has 8 heteroatoms. The minimum absolute atomic E-state index is 0.166. The molecule has 2 heterocycles. The maximum Gasteiger partial charge on any atom is 0.306 e. The number of thioether (sulfide) groups is 1. The summed E-state index contributed by atoms with van der Waals surface area (Å²) in [5, 5.41) is 6.00. The van der Waals surface area contributed by atoms with E-state index in [0.29, 0.717) is 35.2 Å². The maximum absolute atomic E-state index is 12.8. The van der Waals surface area contributed by atoms with E-state index in [0.717, 1.165) is 35.1 Å². The van der Waals surface area contributed by atoms with Gasteiger partial charge in [0.05, 0.1) is 31.2 Å². The van der Waals surface area contributed by atoms with Crippen LogP contribution in [0, 0.1) is 5.92 Å². The molecule has 2 aromatic heterocycles. The zero-order valence-corrected chi connectivity index (χ0v) is 20.0. The van der Waals surface area contributed by atoms with E-state index >= 15 is 0 Å². The van der Waals surface area contributed by atoms with Crippen molar-refractivity contribution < 1.29 is 9.53 Å². The Morgan fingerprint density at radius 1 is 1.31 bits per heavy atom. The third-order valence-electron chi connectivity index (χ3n) is 5.13. The van der Waals surface area contributed by atoms with Crippen molar-refractivity contribution in [2.45, 2.75) is 51.0 Å². The summed E-state index contributed by atoms with van der Waals surface area (Å²) in [6.45, 7) is 5.02. The van der Waals surface area contributed by atoms with E-state index in [2.05, 4.69) is 23.9 Å². The third-order valence-corrected chi connectivity index (χ3v) is 6.47. The van der Waals surface area contributed by atoms with Crippen molar-refractivity contribution in [1.29, 1.82) is 0 Å². The van der Waals surface area contributed by atoms with E-state index < -0.39 is 0 Å². The first-order valence-corrected chi connectivity index (χ1v) is 12.2. The second kappa shape index (κ2) is 12.0. The highest BCUT2D eigenvalue weighted by atomic mass is 35.5. The van der Waals surface area contributed by atoms with Gasteiger partial charge >= 0.3 is 5.97 Å². The molecular weight excluding hydrogens is 446 g/mol. The van der Waals surface area contributed by atoms with Gasteiger partial charge in [0, 0.05) is 27.8 Å². The molecule has 3 rings (SSSR count). The number of ether oxygens (including phenoxy) is 1. The van der Waals surface area contributed by atoms with E-state index in [-0.39, 0.29) is 18.1 Å². The Morgan fingerprint density at radius 2 is 2.16 bits per heavy atom. The number of fused-ring (bicyclic) bond motifs is 1. The van der Waals surface area contributed by atoms with E-state index in [9.17, 15) is 9.59 Å². The molecule has 6 nitrogen and oxygen atoms in total. The number of benzene rings is 1. The molecular formula is C24H28ClN3O3S. The van der Waals surface area contributed by atoms with Crippen molar-refractivity contribution >= 4 is 40.1 Å². The third kappa shape index (κ3) is 6.81. The van der Waals surface area contributed by atoms with Crippen molar-refractivity contribution in [2.24, 2.45) is 5.92 Å². The fourth-order valence-corrected chi connectivity index (χ4v) is 4.32. The molecule has 0 saturated heterocycles. The first kappa shape index (κ1) is 24.3. The van der Waals surface area contributed by atoms with Crippen LogP contribution in [0.2, 0.25) is 5.15 Å². The molecule has 0 aliphatic heterocycles. The summed E-state index contributed by atoms with van der Waals surface area (Å²) in [5.74, 6) is 0.857. The summed E-state index contributed by atoms with van der Waals surface area (Å²) in [4.78, 5) is 29.8. The van der Waals surface area contributed by atoms with Crippen molar-refractivity contribution in [3.05, 3.63) is 63.8 Å². The van der Waals surface area contributed by atoms with E-state index in [4.69, 9.17) is 16.3 Å². The number of hydrogen-bond acceptors (Lipinski definition) is 6. The van der Waals surface area contributed by atoms with Crippen molar-refractivity contribution in [3.8, 4) is 0 Å². The molecule has 170 valence electrons. The summed E-state index contributed by atoms with van der Waals surface area (Å²) in [6, 6.07) is 9.22. The van der Waals surface area contributed by atoms with Crippen molar-refractivity contribution in [3.63, 3.8) is 0 Å². The number of unbranched alkanes of at least 4 members (excludes halogenated alkanes) is 1. The molecule has 0 N–H and O–H groups in total. The smallest absolute Gasteiger partial charge is 0.306 e. The van der Waals surface area contributed by atoms with Gasteiger partial charge in [-0.05, 0) is 36.6 Å². The van der Waals surface area contributed by atoms with Crippen LogP contribution in [0.3, 0.4) is 0 Å². The van der Waals surface area contributed by atoms with Crippen molar-refractivity contribution in [1.82, 2.24) is 14.8 Å². The van der Waals surface area contributed by atoms with Gasteiger partial charge in [-0.3, -0.25) is 9.59 Å². The SMILES string of the molecule is CCCCC(C)COC(=O)CCSc1ccc2c(=O)n(Cc3cccnc3Cl)ncc2c1. The lowest BCUT2D eigenvalue weighted by Crippen LogP contribution is -2.23. The number of rotatable bonds is 11. The highest BCUT2D eigenvalue weighted by Crippen LogP contribution is 2.23. The van der Waals surface area contributed by atoms with Gasteiger partial charge < -0.3 is 4.74 Å². The molecule has 0 aliphatic carbocycles. The quantitative estimate of drug-likeness (QED) is 0.212. The van der Waals surface area contributed by atoms with Crippen LogP contribution < -0.4 is 5.56 Å². The molecule has 32 heavy (non-hydrogen) atoms. The van der Waals surface area contributed by atoms with Crippen LogP contribution in [0.15, 0.2) is 52.4 Å². The topological polar surface area (TPSA) is 74.1 Å². The van der Waals surface area contributed by atoms with Crippen LogP contribution in [0.25, 0.3) is 10.8 Å². The van der Waals surface area contributed by atoms with Gasteiger partial charge in [-0.25, -0.2) is 9.67 Å². The Hall–Kier alpha value is -2.38. The molecule has 0 radical (unpaired) electrons. The Morgan fingerprint density at radius 3 is 2.94 bits per heavy atom. The average Bonchev–Trinajstić information content (AvgIpc) is 2.79. The van der Waals surface area contributed by atoms with Crippen LogP contribution in [0.1, 0.15) is 45.1 Å². The van der Waals surface area contributed by atoms with E-state index in [1.54, 1.807) is 36.3 Å². The largest absolute Gasteiger partial charge is 0.465 e. The summed E-state index contributed by atoms with van der Waals surface area (Å²) in [5.41, 5.74) is 0.557. The molecule has 0 saturated carbocycles. The fraction of sp³-hybridized carbons (Fsp3) is 0.417. The molecule has 0 fully saturated rings. The monoisotopic (exact) mass is 473 g/mol. The van der Waals surface area contributed by atoms with Crippen LogP contribution in [-0.4, -0.2) is 33.1 Å². The maximum atomic E-state index is 12.8. The molecule has 0 aliphatic rings. The summed E-state index contributed by atoms with van der Waals surface area (Å²) < 4.78 is 6.76. The Bertz CT molecular complexity index is 1120. The molecule has 1 unspecified atom stereocenters. The number of nitrogens with zero attached hydrogens (tertiary/aromatic N) is 3. The normalized spacial score (nSPS) is 12.1. The van der Waals surface area contributed by atoms with Gasteiger partial charge in [-0.15, -0.1) is 11.8 Å². The zero-order chi connectivity index (χ0) is 22.9. The first-order valence-electron chi connectivity index (χ1n) is 10.9. The summed E-state index contributed by atoms with van der Waals surface area (Å²) >= 11 is 7.66. The van der Waals surface area contributed by atoms with Gasteiger partial charge in [0.2, 0.25) is 0 Å². The van der Waals surface area contributed by atoms with Crippen LogP contribution >= 0.6 is 23.4 Å². The van der Waals surface area contributed by atoms with Crippen LogP contribution in [0.4, 0.5) is 0 Å². The molecule has 0 amide bonds. The zero-order valence-electron chi connectivity index (χ0n) is 18.4. The van der Waals surface area contributed by atoms with Crippen LogP contribution in [-0.2, 0) is 16.1 Å². The van der Waals surface area contributed by atoms with Gasteiger partial charge in [-0.1, -0.05) is 44.4 Å². The van der Waals surface area contributed by atoms with E-state index in [1.807, 2.05) is 18.2 Å². The second-order valence-corrected chi connectivity index (χ2v) is 9.36. The Labute approximate surface area is 197 Å². The molecule has 0 spiro atoms. The van der Waals surface area contributed by atoms with Crippen LogP contribution in [0.5, 0.6) is 0 Å². The second-order valence-electron chi connectivity index (χ2n) is 7.84. The minimum Gasteiger partial charge on any atom is -0.465 e. The van der Waals surface area contributed by atoms with Gasteiger partial charge in [0.15, 0.2) is 0 Å².